The highest BCUT2D eigenvalue weighted by atomic mass is 32.2. The summed E-state index contributed by atoms with van der Waals surface area (Å²) < 4.78 is 32.3. The minimum absolute atomic E-state index is 0.165. The summed E-state index contributed by atoms with van der Waals surface area (Å²) in [5, 5.41) is 2.61. The van der Waals surface area contributed by atoms with E-state index in [1.165, 1.54) is 30.4 Å². The zero-order valence-electron chi connectivity index (χ0n) is 14.5. The summed E-state index contributed by atoms with van der Waals surface area (Å²) in [7, 11) is -2.12. The van der Waals surface area contributed by atoms with Crippen LogP contribution in [0.2, 0.25) is 0 Å². The maximum absolute atomic E-state index is 12.7. The van der Waals surface area contributed by atoms with Crippen LogP contribution in [0, 0.1) is 0 Å². The molecule has 1 N–H and O–H groups in total. The Hall–Kier alpha value is -2.38. The first-order valence-corrected chi connectivity index (χ1v) is 9.33. The maximum Gasteiger partial charge on any atom is 0.243 e. The van der Waals surface area contributed by atoms with Gasteiger partial charge < -0.3 is 10.1 Å². The molecule has 2 rings (SSSR count). The summed E-state index contributed by atoms with van der Waals surface area (Å²) in [6.07, 6.45) is 0. The summed E-state index contributed by atoms with van der Waals surface area (Å²) in [5.41, 5.74) is 1.35. The predicted octanol–water partition coefficient (Wildman–Crippen LogP) is 2.86. The molecule has 0 saturated heterocycles. The van der Waals surface area contributed by atoms with Crippen LogP contribution in [0.1, 0.15) is 19.4 Å². The SMILES string of the molecule is CCOc1ccccc1CN(C)S(=O)(=O)c1ccc(NC(C)=O)cc1. The highest BCUT2D eigenvalue weighted by Gasteiger charge is 2.22. The second kappa shape index (κ2) is 8.13. The molecular formula is C18H22N2O4S. The number of carbonyl (C=O) groups is 1. The Morgan fingerprint density at radius 1 is 1.12 bits per heavy atom. The lowest BCUT2D eigenvalue weighted by atomic mass is 10.2. The maximum atomic E-state index is 12.7. The number of anilines is 1. The van der Waals surface area contributed by atoms with Crippen LogP contribution in [0.25, 0.3) is 0 Å². The standard InChI is InChI=1S/C18H22N2O4S/c1-4-24-18-8-6-5-7-15(18)13-20(3)25(22,23)17-11-9-16(10-12-17)19-14(2)21/h5-12H,4,13H2,1-3H3,(H,19,21). The van der Waals surface area contributed by atoms with Crippen molar-refractivity contribution in [1.29, 1.82) is 0 Å². The van der Waals surface area contributed by atoms with Crippen LogP contribution in [-0.2, 0) is 21.4 Å². The molecule has 0 heterocycles. The van der Waals surface area contributed by atoms with E-state index in [2.05, 4.69) is 5.32 Å². The number of nitrogens with one attached hydrogen (secondary N) is 1. The number of hydrogen-bond acceptors (Lipinski definition) is 4. The van der Waals surface area contributed by atoms with Crippen molar-refractivity contribution < 1.29 is 17.9 Å². The van der Waals surface area contributed by atoms with Gasteiger partial charge in [0.1, 0.15) is 5.75 Å². The number of rotatable bonds is 7. The van der Waals surface area contributed by atoms with Crippen molar-refractivity contribution in [2.45, 2.75) is 25.3 Å². The fourth-order valence-corrected chi connectivity index (χ4v) is 3.50. The number of hydrogen-bond donors (Lipinski definition) is 1. The first-order valence-electron chi connectivity index (χ1n) is 7.89. The third-order valence-corrected chi connectivity index (χ3v) is 5.37. The van der Waals surface area contributed by atoms with Crippen molar-refractivity contribution in [2.24, 2.45) is 0 Å². The molecule has 0 atom stereocenters. The van der Waals surface area contributed by atoms with Crippen molar-refractivity contribution >= 4 is 21.6 Å². The van der Waals surface area contributed by atoms with Gasteiger partial charge in [-0.15, -0.1) is 0 Å². The predicted molar refractivity (Wildman–Crippen MR) is 97.0 cm³/mol. The summed E-state index contributed by atoms with van der Waals surface area (Å²) in [5.74, 6) is 0.466. The van der Waals surface area contributed by atoms with Crippen LogP contribution in [0.3, 0.4) is 0 Å². The number of amides is 1. The van der Waals surface area contributed by atoms with Crippen LogP contribution in [-0.4, -0.2) is 32.3 Å². The van der Waals surface area contributed by atoms with E-state index in [1.54, 1.807) is 12.1 Å². The molecule has 25 heavy (non-hydrogen) atoms. The largest absolute Gasteiger partial charge is 0.494 e. The molecule has 0 radical (unpaired) electrons. The molecule has 2 aromatic carbocycles. The summed E-state index contributed by atoms with van der Waals surface area (Å²) in [6, 6.07) is 13.5. The van der Waals surface area contributed by atoms with Gasteiger partial charge in [0, 0.05) is 31.8 Å². The Labute approximate surface area is 148 Å². The van der Waals surface area contributed by atoms with Gasteiger partial charge in [0.05, 0.1) is 11.5 Å². The van der Waals surface area contributed by atoms with Crippen LogP contribution in [0.5, 0.6) is 5.75 Å². The highest BCUT2D eigenvalue weighted by Crippen LogP contribution is 2.23. The van der Waals surface area contributed by atoms with E-state index in [1.807, 2.05) is 31.2 Å². The second-order valence-electron chi connectivity index (χ2n) is 5.51. The Morgan fingerprint density at radius 2 is 1.76 bits per heavy atom. The molecule has 6 nitrogen and oxygen atoms in total. The molecule has 0 aromatic heterocycles. The van der Waals surface area contributed by atoms with Gasteiger partial charge in [0.2, 0.25) is 15.9 Å². The molecule has 0 spiro atoms. The van der Waals surface area contributed by atoms with E-state index >= 15 is 0 Å². The third kappa shape index (κ3) is 4.80. The lowest BCUT2D eigenvalue weighted by molar-refractivity contribution is -0.114. The second-order valence-corrected chi connectivity index (χ2v) is 7.55. The molecule has 0 fully saturated rings. The Balaban J connectivity index is 2.20. The molecule has 134 valence electrons. The van der Waals surface area contributed by atoms with Crippen molar-refractivity contribution in [3.8, 4) is 5.75 Å². The van der Waals surface area contributed by atoms with Crippen molar-refractivity contribution in [3.63, 3.8) is 0 Å². The van der Waals surface area contributed by atoms with E-state index in [4.69, 9.17) is 4.74 Å². The molecule has 1 amide bonds. The van der Waals surface area contributed by atoms with Crippen LogP contribution in [0.15, 0.2) is 53.4 Å². The average molecular weight is 362 g/mol. The minimum Gasteiger partial charge on any atom is -0.494 e. The molecule has 0 saturated carbocycles. The number of ether oxygens (including phenoxy) is 1. The first kappa shape index (κ1) is 19.0. The fraction of sp³-hybridized carbons (Fsp3) is 0.278. The number of sulfonamides is 1. The molecule has 2 aromatic rings. The molecule has 0 aliphatic carbocycles. The van der Waals surface area contributed by atoms with Crippen molar-refractivity contribution in [1.82, 2.24) is 4.31 Å². The van der Waals surface area contributed by atoms with Gasteiger partial charge in [-0.3, -0.25) is 4.79 Å². The van der Waals surface area contributed by atoms with E-state index in [9.17, 15) is 13.2 Å². The van der Waals surface area contributed by atoms with E-state index in [-0.39, 0.29) is 17.3 Å². The molecule has 0 bridgehead atoms. The van der Waals surface area contributed by atoms with E-state index in [0.717, 1.165) is 5.56 Å². The topological polar surface area (TPSA) is 75.7 Å². The number of benzene rings is 2. The van der Waals surface area contributed by atoms with Crippen molar-refractivity contribution in [2.75, 3.05) is 19.0 Å². The first-order chi connectivity index (χ1) is 11.8. The lowest BCUT2D eigenvalue weighted by Gasteiger charge is -2.19. The Kier molecular flexibility index (Phi) is 6.17. The lowest BCUT2D eigenvalue weighted by Crippen LogP contribution is -2.26. The van der Waals surface area contributed by atoms with E-state index in [0.29, 0.717) is 18.0 Å². The van der Waals surface area contributed by atoms with Gasteiger partial charge in [0.15, 0.2) is 0 Å². The molecule has 0 aliphatic rings. The minimum atomic E-state index is -3.65. The summed E-state index contributed by atoms with van der Waals surface area (Å²) >= 11 is 0. The summed E-state index contributed by atoms with van der Waals surface area (Å²) in [4.78, 5) is 11.2. The third-order valence-electron chi connectivity index (χ3n) is 3.55. The highest BCUT2D eigenvalue weighted by molar-refractivity contribution is 7.89. The van der Waals surface area contributed by atoms with Crippen molar-refractivity contribution in [3.05, 3.63) is 54.1 Å². The van der Waals surface area contributed by atoms with Gasteiger partial charge in [-0.2, -0.15) is 4.31 Å². The van der Waals surface area contributed by atoms with Gasteiger partial charge in [-0.1, -0.05) is 18.2 Å². The number of para-hydroxylation sites is 1. The zero-order valence-corrected chi connectivity index (χ0v) is 15.3. The van der Waals surface area contributed by atoms with Gasteiger partial charge in [-0.25, -0.2) is 8.42 Å². The van der Waals surface area contributed by atoms with E-state index < -0.39 is 10.0 Å². The molecule has 0 aliphatic heterocycles. The average Bonchev–Trinajstić information content (AvgIpc) is 2.56. The van der Waals surface area contributed by atoms with Gasteiger partial charge >= 0.3 is 0 Å². The Morgan fingerprint density at radius 3 is 2.36 bits per heavy atom. The molecular weight excluding hydrogens is 340 g/mol. The molecule has 7 heteroatoms. The normalized spacial score (nSPS) is 11.4. The summed E-state index contributed by atoms with van der Waals surface area (Å²) in [6.45, 7) is 3.99. The van der Waals surface area contributed by atoms with Crippen LogP contribution < -0.4 is 10.1 Å². The quantitative estimate of drug-likeness (QED) is 0.822. The Bertz CT molecular complexity index is 832. The number of carbonyl (C=O) groups excluding carboxylic acids is 1. The number of nitrogens with zero attached hydrogens (tertiary/aromatic N) is 1. The smallest absolute Gasteiger partial charge is 0.243 e. The zero-order chi connectivity index (χ0) is 18.4. The van der Waals surface area contributed by atoms with Gasteiger partial charge in [0.25, 0.3) is 0 Å². The molecule has 0 unspecified atom stereocenters. The fourth-order valence-electron chi connectivity index (χ4n) is 2.35. The monoisotopic (exact) mass is 362 g/mol. The van der Waals surface area contributed by atoms with Crippen LogP contribution >= 0.6 is 0 Å². The van der Waals surface area contributed by atoms with Crippen LogP contribution in [0.4, 0.5) is 5.69 Å². The van der Waals surface area contributed by atoms with Gasteiger partial charge in [-0.05, 0) is 37.3 Å².